The molecule has 0 bridgehead atoms. The van der Waals surface area contributed by atoms with E-state index >= 15 is 0 Å². The van der Waals surface area contributed by atoms with Crippen molar-refractivity contribution in [2.75, 3.05) is 11.4 Å². The number of amides is 1. The number of hydrogen-bond donors (Lipinski definition) is 1. The molecule has 1 N–H and O–H groups in total. The maximum Gasteiger partial charge on any atom is 0.328 e. The highest BCUT2D eigenvalue weighted by Crippen LogP contribution is 2.32. The molecule has 0 atom stereocenters. The van der Waals surface area contributed by atoms with E-state index in [1.807, 2.05) is 32.0 Å². The molecule has 1 aromatic rings. The van der Waals surface area contributed by atoms with Gasteiger partial charge in [-0.25, -0.2) is 4.79 Å². The molecule has 0 radical (unpaired) electrons. The SMILES string of the molecule is CC(=O)N1CCc2cc(/C(=C/C(=O)O)C(C)C)ccc21. The van der Waals surface area contributed by atoms with Gasteiger partial charge in [0.1, 0.15) is 0 Å². The highest BCUT2D eigenvalue weighted by molar-refractivity contribution is 5.95. The number of hydrogen-bond acceptors (Lipinski definition) is 2. The molecule has 0 saturated carbocycles. The third-order valence-electron chi connectivity index (χ3n) is 3.59. The molecule has 0 fully saturated rings. The summed E-state index contributed by atoms with van der Waals surface area (Å²) in [5.41, 5.74) is 3.78. The molecule has 0 spiro atoms. The second kappa shape index (κ2) is 5.49. The molecule has 1 aliphatic heterocycles. The van der Waals surface area contributed by atoms with Gasteiger partial charge in [-0.1, -0.05) is 19.9 Å². The van der Waals surface area contributed by atoms with E-state index in [1.165, 1.54) is 6.08 Å². The van der Waals surface area contributed by atoms with Crippen LogP contribution in [0.5, 0.6) is 0 Å². The van der Waals surface area contributed by atoms with Crippen LogP contribution in [0.15, 0.2) is 24.3 Å². The first-order valence-corrected chi connectivity index (χ1v) is 6.76. The number of carboxylic acids is 1. The van der Waals surface area contributed by atoms with E-state index in [-0.39, 0.29) is 11.8 Å². The topological polar surface area (TPSA) is 57.6 Å². The molecular weight excluding hydrogens is 254 g/mol. The zero-order valence-corrected chi connectivity index (χ0v) is 12.0. The van der Waals surface area contributed by atoms with E-state index in [1.54, 1.807) is 11.8 Å². The van der Waals surface area contributed by atoms with Gasteiger partial charge in [0.05, 0.1) is 0 Å². The van der Waals surface area contributed by atoms with Crippen LogP contribution in [0.25, 0.3) is 5.57 Å². The minimum absolute atomic E-state index is 0.0432. The molecular formula is C16H19NO3. The zero-order chi connectivity index (χ0) is 14.9. The first-order chi connectivity index (χ1) is 9.40. The predicted octanol–water partition coefficient (Wildman–Crippen LogP) is 2.72. The van der Waals surface area contributed by atoms with Crippen LogP contribution in [0.3, 0.4) is 0 Å². The average molecular weight is 273 g/mol. The Hall–Kier alpha value is -2.10. The normalized spacial score (nSPS) is 14.6. The van der Waals surface area contributed by atoms with Crippen LogP contribution in [-0.2, 0) is 16.0 Å². The predicted molar refractivity (Wildman–Crippen MR) is 78.6 cm³/mol. The summed E-state index contributed by atoms with van der Waals surface area (Å²) in [6.45, 7) is 6.22. The lowest BCUT2D eigenvalue weighted by Gasteiger charge is -2.16. The van der Waals surface area contributed by atoms with Crippen molar-refractivity contribution in [1.29, 1.82) is 0 Å². The summed E-state index contributed by atoms with van der Waals surface area (Å²) >= 11 is 0. The monoisotopic (exact) mass is 273 g/mol. The average Bonchev–Trinajstić information content (AvgIpc) is 2.78. The Kier molecular flexibility index (Phi) is 3.93. The summed E-state index contributed by atoms with van der Waals surface area (Å²) in [7, 11) is 0. The molecule has 106 valence electrons. The molecule has 0 aromatic heterocycles. The molecule has 20 heavy (non-hydrogen) atoms. The van der Waals surface area contributed by atoms with Gasteiger partial charge in [-0.15, -0.1) is 0 Å². The summed E-state index contributed by atoms with van der Waals surface area (Å²) in [5.74, 6) is -0.754. The lowest BCUT2D eigenvalue weighted by atomic mass is 9.93. The third-order valence-corrected chi connectivity index (χ3v) is 3.59. The molecule has 1 aliphatic rings. The highest BCUT2D eigenvalue weighted by Gasteiger charge is 2.23. The van der Waals surface area contributed by atoms with Gasteiger partial charge < -0.3 is 10.0 Å². The van der Waals surface area contributed by atoms with Crippen LogP contribution >= 0.6 is 0 Å². The Bertz CT molecular complexity index is 587. The number of fused-ring (bicyclic) bond motifs is 1. The summed E-state index contributed by atoms with van der Waals surface area (Å²) in [6, 6.07) is 5.82. The number of rotatable bonds is 3. The number of aliphatic carboxylic acids is 1. The second-order valence-corrected chi connectivity index (χ2v) is 5.36. The minimum atomic E-state index is -0.931. The van der Waals surface area contributed by atoms with Crippen molar-refractivity contribution in [3.63, 3.8) is 0 Å². The van der Waals surface area contributed by atoms with Gasteiger partial charge in [-0.2, -0.15) is 0 Å². The third kappa shape index (κ3) is 2.74. The lowest BCUT2D eigenvalue weighted by molar-refractivity contribution is -0.131. The van der Waals surface area contributed by atoms with E-state index in [4.69, 9.17) is 5.11 Å². The van der Waals surface area contributed by atoms with Crippen molar-refractivity contribution in [2.24, 2.45) is 5.92 Å². The van der Waals surface area contributed by atoms with E-state index in [0.29, 0.717) is 6.54 Å². The number of allylic oxidation sites excluding steroid dienone is 1. The summed E-state index contributed by atoms with van der Waals surface area (Å²) < 4.78 is 0. The first-order valence-electron chi connectivity index (χ1n) is 6.76. The van der Waals surface area contributed by atoms with E-state index in [9.17, 15) is 9.59 Å². The summed E-state index contributed by atoms with van der Waals surface area (Å²) in [4.78, 5) is 24.2. The van der Waals surface area contributed by atoms with Crippen molar-refractivity contribution in [3.05, 3.63) is 35.4 Å². The number of carbonyl (C=O) groups is 2. The quantitative estimate of drug-likeness (QED) is 0.861. The fraction of sp³-hybridized carbons (Fsp3) is 0.375. The summed E-state index contributed by atoms with van der Waals surface area (Å²) in [6.07, 6.45) is 2.09. The van der Waals surface area contributed by atoms with Gasteiger partial charge in [0.2, 0.25) is 5.91 Å². The van der Waals surface area contributed by atoms with Crippen LogP contribution < -0.4 is 4.90 Å². The van der Waals surface area contributed by atoms with Crippen LogP contribution in [0.2, 0.25) is 0 Å². The van der Waals surface area contributed by atoms with Gasteiger partial charge in [0, 0.05) is 25.2 Å². The Morgan fingerprint density at radius 2 is 2.05 bits per heavy atom. The molecule has 4 nitrogen and oxygen atoms in total. The van der Waals surface area contributed by atoms with Gasteiger partial charge in [-0.05, 0) is 41.2 Å². The van der Waals surface area contributed by atoms with Crippen LogP contribution in [-0.4, -0.2) is 23.5 Å². The lowest BCUT2D eigenvalue weighted by Crippen LogP contribution is -2.25. The van der Waals surface area contributed by atoms with Crippen LogP contribution in [0.1, 0.15) is 31.9 Å². The van der Waals surface area contributed by atoms with Crippen molar-refractivity contribution < 1.29 is 14.7 Å². The number of carboxylic acid groups (broad SMARTS) is 1. The Balaban J connectivity index is 2.42. The number of anilines is 1. The van der Waals surface area contributed by atoms with E-state index in [0.717, 1.165) is 28.8 Å². The molecule has 1 aromatic carbocycles. The van der Waals surface area contributed by atoms with Crippen molar-refractivity contribution in [3.8, 4) is 0 Å². The number of carbonyl (C=O) groups excluding carboxylic acids is 1. The van der Waals surface area contributed by atoms with Gasteiger partial charge in [0.15, 0.2) is 0 Å². The number of nitrogens with zero attached hydrogens (tertiary/aromatic N) is 1. The van der Waals surface area contributed by atoms with Gasteiger partial charge in [0.25, 0.3) is 0 Å². The molecule has 4 heteroatoms. The highest BCUT2D eigenvalue weighted by atomic mass is 16.4. The first kappa shape index (κ1) is 14.3. The molecule has 1 amide bonds. The molecule has 0 aliphatic carbocycles. The van der Waals surface area contributed by atoms with Crippen molar-refractivity contribution in [1.82, 2.24) is 0 Å². The fourth-order valence-electron chi connectivity index (χ4n) is 2.62. The smallest absolute Gasteiger partial charge is 0.328 e. The number of benzene rings is 1. The molecule has 1 heterocycles. The maximum atomic E-state index is 11.5. The van der Waals surface area contributed by atoms with Crippen LogP contribution in [0, 0.1) is 5.92 Å². The summed E-state index contributed by atoms with van der Waals surface area (Å²) in [5, 5.41) is 8.97. The maximum absolute atomic E-state index is 11.5. The van der Waals surface area contributed by atoms with E-state index < -0.39 is 5.97 Å². The second-order valence-electron chi connectivity index (χ2n) is 5.36. The minimum Gasteiger partial charge on any atom is -0.478 e. The van der Waals surface area contributed by atoms with E-state index in [2.05, 4.69) is 0 Å². The Morgan fingerprint density at radius 3 is 2.60 bits per heavy atom. The molecule has 0 unspecified atom stereocenters. The van der Waals surface area contributed by atoms with Gasteiger partial charge in [-0.3, -0.25) is 4.79 Å². The molecule has 2 rings (SSSR count). The molecule has 0 saturated heterocycles. The Labute approximate surface area is 118 Å². The Morgan fingerprint density at radius 1 is 1.35 bits per heavy atom. The van der Waals surface area contributed by atoms with Crippen molar-refractivity contribution in [2.45, 2.75) is 27.2 Å². The fourth-order valence-corrected chi connectivity index (χ4v) is 2.62. The van der Waals surface area contributed by atoms with Gasteiger partial charge >= 0.3 is 5.97 Å². The largest absolute Gasteiger partial charge is 0.478 e. The zero-order valence-electron chi connectivity index (χ0n) is 12.0. The van der Waals surface area contributed by atoms with Crippen molar-refractivity contribution >= 4 is 23.1 Å². The van der Waals surface area contributed by atoms with Crippen LogP contribution in [0.4, 0.5) is 5.69 Å². The standard InChI is InChI=1S/C16H19NO3/c1-10(2)14(9-16(19)20)12-4-5-15-13(8-12)6-7-17(15)11(3)18/h4-5,8-10H,6-7H2,1-3H3,(H,19,20)/b14-9+.